The minimum atomic E-state index is 0. The van der Waals surface area contributed by atoms with Gasteiger partial charge in [0, 0.05) is 35.1 Å². The molecule has 160 valence electrons. The Balaban J connectivity index is 0.00000300. The van der Waals surface area contributed by atoms with E-state index < -0.39 is 0 Å². The van der Waals surface area contributed by atoms with E-state index in [-0.39, 0.29) is 24.0 Å². The molecule has 0 bridgehead atoms. The zero-order valence-electron chi connectivity index (χ0n) is 17.8. The van der Waals surface area contributed by atoms with Gasteiger partial charge < -0.3 is 10.6 Å². The summed E-state index contributed by atoms with van der Waals surface area (Å²) in [4.78, 5) is 10.8. The maximum absolute atomic E-state index is 4.82. The number of aryl methyl sites for hydroxylation is 1. The van der Waals surface area contributed by atoms with Crippen molar-refractivity contribution in [2.75, 3.05) is 13.1 Å². The largest absolute Gasteiger partial charge is 0.357 e. The van der Waals surface area contributed by atoms with E-state index in [0.29, 0.717) is 17.2 Å². The smallest absolute Gasteiger partial charge is 0.191 e. The monoisotopic (exact) mass is 528 g/mol. The molecule has 0 amide bonds. The molecule has 0 saturated carbocycles. The highest BCUT2D eigenvalue weighted by Gasteiger charge is 2.23. The van der Waals surface area contributed by atoms with Gasteiger partial charge in [-0.3, -0.25) is 4.99 Å². The molecule has 2 heterocycles. The van der Waals surface area contributed by atoms with E-state index in [1.165, 1.54) is 4.90 Å². The molecule has 0 fully saturated rings. The maximum atomic E-state index is 4.82. The van der Waals surface area contributed by atoms with Gasteiger partial charge in [0.15, 0.2) is 11.8 Å². The van der Waals surface area contributed by atoms with Crippen LogP contribution in [-0.2, 0) is 13.0 Å². The number of benzene rings is 1. The predicted molar refractivity (Wildman–Crippen MR) is 133 cm³/mol. The second kappa shape index (κ2) is 11.8. The Morgan fingerprint density at radius 3 is 2.72 bits per heavy atom. The topological polar surface area (TPSA) is 67.1 Å². The zero-order valence-corrected chi connectivity index (χ0v) is 20.9. The standard InChI is InChI=1S/C21H32N6S.HI/c1-5-22-21(23-13-16(4)28-18-9-7-6-8-10-18)24-17-11-12-19-25-20(15(2)3)26-27(19)14-17;/h6-10,15-17H,5,11-14H2,1-4H3,(H2,22,23,24);1H. The maximum Gasteiger partial charge on any atom is 0.191 e. The molecule has 0 aliphatic carbocycles. The van der Waals surface area contributed by atoms with Crippen molar-refractivity contribution in [3.05, 3.63) is 42.0 Å². The minimum absolute atomic E-state index is 0. The number of nitrogens with zero attached hydrogens (tertiary/aromatic N) is 4. The number of halogens is 1. The van der Waals surface area contributed by atoms with Crippen molar-refractivity contribution in [1.29, 1.82) is 0 Å². The third kappa shape index (κ3) is 7.16. The fraction of sp³-hybridized carbons (Fsp3) is 0.571. The van der Waals surface area contributed by atoms with Gasteiger partial charge >= 0.3 is 0 Å². The van der Waals surface area contributed by atoms with Crippen molar-refractivity contribution in [2.24, 2.45) is 4.99 Å². The molecule has 1 aliphatic rings. The Kier molecular flexibility index (Phi) is 9.74. The van der Waals surface area contributed by atoms with E-state index in [1.54, 1.807) is 0 Å². The average Bonchev–Trinajstić information content (AvgIpc) is 3.11. The van der Waals surface area contributed by atoms with E-state index in [4.69, 9.17) is 4.99 Å². The Morgan fingerprint density at radius 2 is 2.03 bits per heavy atom. The summed E-state index contributed by atoms with van der Waals surface area (Å²) in [6, 6.07) is 10.8. The number of nitrogens with one attached hydrogen (secondary N) is 2. The Hall–Kier alpha value is -1.29. The van der Waals surface area contributed by atoms with E-state index in [1.807, 2.05) is 11.8 Å². The van der Waals surface area contributed by atoms with Crippen LogP contribution in [0.4, 0.5) is 0 Å². The Bertz CT molecular complexity index is 777. The summed E-state index contributed by atoms with van der Waals surface area (Å²) in [5, 5.41) is 12.1. The van der Waals surface area contributed by atoms with Gasteiger partial charge in [0.1, 0.15) is 5.82 Å². The number of hydrogen-bond donors (Lipinski definition) is 2. The van der Waals surface area contributed by atoms with Crippen molar-refractivity contribution in [3.63, 3.8) is 0 Å². The summed E-state index contributed by atoms with van der Waals surface area (Å²) in [6.07, 6.45) is 2.01. The molecule has 1 aliphatic heterocycles. The molecule has 2 atom stereocenters. The number of hydrogen-bond acceptors (Lipinski definition) is 4. The van der Waals surface area contributed by atoms with Gasteiger partial charge in [-0.15, -0.1) is 35.7 Å². The molecule has 0 radical (unpaired) electrons. The lowest BCUT2D eigenvalue weighted by Gasteiger charge is -2.25. The summed E-state index contributed by atoms with van der Waals surface area (Å²) in [7, 11) is 0. The molecule has 6 nitrogen and oxygen atoms in total. The summed E-state index contributed by atoms with van der Waals surface area (Å²) >= 11 is 1.86. The molecule has 8 heteroatoms. The molecule has 0 spiro atoms. The van der Waals surface area contributed by atoms with Crippen molar-refractivity contribution >= 4 is 41.7 Å². The molecule has 0 saturated heterocycles. The van der Waals surface area contributed by atoms with Crippen LogP contribution in [0.15, 0.2) is 40.2 Å². The number of thioether (sulfide) groups is 1. The predicted octanol–water partition coefficient (Wildman–Crippen LogP) is 4.07. The minimum Gasteiger partial charge on any atom is -0.357 e. The van der Waals surface area contributed by atoms with Gasteiger partial charge in [-0.1, -0.05) is 39.0 Å². The van der Waals surface area contributed by atoms with Gasteiger partial charge in [-0.05, 0) is 25.5 Å². The van der Waals surface area contributed by atoms with E-state index in [9.17, 15) is 0 Å². The van der Waals surface area contributed by atoms with Crippen molar-refractivity contribution in [2.45, 2.75) is 69.2 Å². The zero-order chi connectivity index (χ0) is 19.9. The van der Waals surface area contributed by atoms with E-state index in [0.717, 1.165) is 50.1 Å². The van der Waals surface area contributed by atoms with Crippen LogP contribution in [0.3, 0.4) is 0 Å². The van der Waals surface area contributed by atoms with Crippen LogP contribution in [0.25, 0.3) is 0 Å². The molecule has 2 N–H and O–H groups in total. The lowest BCUT2D eigenvalue weighted by atomic mass is 10.1. The summed E-state index contributed by atoms with van der Waals surface area (Å²) in [6.45, 7) is 11.1. The van der Waals surface area contributed by atoms with Gasteiger partial charge in [0.05, 0.1) is 13.1 Å². The van der Waals surface area contributed by atoms with Crippen LogP contribution in [-0.4, -0.2) is 45.1 Å². The van der Waals surface area contributed by atoms with Gasteiger partial charge in [-0.25, -0.2) is 9.67 Å². The Morgan fingerprint density at radius 1 is 1.28 bits per heavy atom. The third-order valence-corrected chi connectivity index (χ3v) is 5.76. The van der Waals surface area contributed by atoms with Crippen LogP contribution >= 0.6 is 35.7 Å². The first-order chi connectivity index (χ1) is 13.5. The summed E-state index contributed by atoms with van der Waals surface area (Å²) in [5.74, 6) is 3.31. The summed E-state index contributed by atoms with van der Waals surface area (Å²) < 4.78 is 2.06. The molecule has 3 rings (SSSR count). The van der Waals surface area contributed by atoms with Crippen molar-refractivity contribution in [1.82, 2.24) is 25.4 Å². The second-order valence-corrected chi connectivity index (χ2v) is 9.08. The quantitative estimate of drug-likeness (QED) is 0.246. The fourth-order valence-electron chi connectivity index (χ4n) is 3.19. The lowest BCUT2D eigenvalue weighted by molar-refractivity contribution is 0.391. The molecule has 1 aromatic carbocycles. The molecule has 29 heavy (non-hydrogen) atoms. The van der Waals surface area contributed by atoms with E-state index in [2.05, 4.69) is 83.4 Å². The lowest BCUT2D eigenvalue weighted by Crippen LogP contribution is -2.47. The number of aromatic nitrogens is 3. The van der Waals surface area contributed by atoms with Crippen LogP contribution in [0.5, 0.6) is 0 Å². The molecular formula is C21H33IN6S. The Labute approximate surface area is 195 Å². The number of aliphatic imine (C=N–C) groups is 1. The first kappa shape index (κ1) is 24.0. The molecular weight excluding hydrogens is 495 g/mol. The molecule has 2 unspecified atom stereocenters. The first-order valence-electron chi connectivity index (χ1n) is 10.2. The third-order valence-electron chi connectivity index (χ3n) is 4.66. The highest BCUT2D eigenvalue weighted by molar-refractivity contribution is 14.0. The number of rotatable bonds is 7. The van der Waals surface area contributed by atoms with Gasteiger partial charge in [0.2, 0.25) is 0 Å². The van der Waals surface area contributed by atoms with Crippen LogP contribution in [0.2, 0.25) is 0 Å². The average molecular weight is 529 g/mol. The second-order valence-electron chi connectivity index (χ2n) is 7.56. The van der Waals surface area contributed by atoms with Crippen molar-refractivity contribution in [3.8, 4) is 0 Å². The fourth-order valence-corrected chi connectivity index (χ4v) is 4.12. The highest BCUT2D eigenvalue weighted by atomic mass is 127. The first-order valence-corrected chi connectivity index (χ1v) is 11.1. The molecule has 2 aromatic rings. The normalized spacial score (nSPS) is 17.4. The van der Waals surface area contributed by atoms with E-state index >= 15 is 0 Å². The SMILES string of the molecule is CCNC(=NCC(C)Sc1ccccc1)NC1CCc2nc(C(C)C)nn2C1.I. The number of fused-ring (bicyclic) bond motifs is 1. The van der Waals surface area contributed by atoms with Gasteiger partial charge in [0.25, 0.3) is 0 Å². The van der Waals surface area contributed by atoms with Crippen LogP contribution < -0.4 is 10.6 Å². The molecule has 1 aromatic heterocycles. The van der Waals surface area contributed by atoms with Gasteiger partial charge in [-0.2, -0.15) is 5.10 Å². The van der Waals surface area contributed by atoms with Crippen molar-refractivity contribution < 1.29 is 0 Å². The number of guanidine groups is 1. The summed E-state index contributed by atoms with van der Waals surface area (Å²) in [5.41, 5.74) is 0. The van der Waals surface area contributed by atoms with Crippen LogP contribution in [0.1, 0.15) is 51.7 Å². The highest BCUT2D eigenvalue weighted by Crippen LogP contribution is 2.22. The van der Waals surface area contributed by atoms with Crippen LogP contribution in [0, 0.1) is 0 Å².